The molecule has 0 radical (unpaired) electrons. The van der Waals surface area contributed by atoms with Gasteiger partial charge in [0.05, 0.1) is 0 Å². The van der Waals surface area contributed by atoms with Gasteiger partial charge in [-0.25, -0.2) is 15.0 Å². The first kappa shape index (κ1) is 28.6. The number of hydrogen-bond acceptors (Lipinski definition) is 4. The summed E-state index contributed by atoms with van der Waals surface area (Å²) in [5.74, 6) is 1.93. The largest absolute Gasteiger partial charge is 0.455 e. The maximum Gasteiger partial charge on any atom is 0.164 e. The van der Waals surface area contributed by atoms with Crippen molar-refractivity contribution in [1.82, 2.24) is 15.0 Å². The number of aromatic nitrogens is 3. The molecule has 0 saturated heterocycles. The van der Waals surface area contributed by atoms with Crippen LogP contribution in [0.1, 0.15) is 0 Å². The third-order valence-corrected chi connectivity index (χ3v) is 8.93. The lowest BCUT2D eigenvalue weighted by Gasteiger charge is -2.12. The Kier molecular flexibility index (Phi) is 7.10. The van der Waals surface area contributed by atoms with Crippen molar-refractivity contribution in [3.05, 3.63) is 176 Å². The van der Waals surface area contributed by atoms with Gasteiger partial charge in [-0.05, 0) is 52.1 Å². The fourth-order valence-electron chi connectivity index (χ4n) is 6.47. The minimum atomic E-state index is 0.634. The fourth-order valence-corrected chi connectivity index (χ4v) is 6.47. The first-order valence-electron chi connectivity index (χ1n) is 16.4. The molecule has 0 fully saturated rings. The molecule has 4 nitrogen and oxygen atoms in total. The molecular weight excluding hydrogens is 599 g/mol. The summed E-state index contributed by atoms with van der Waals surface area (Å²) in [5.41, 5.74) is 11.3. The Morgan fingerprint density at radius 1 is 0.306 bits per heavy atom. The first-order chi connectivity index (χ1) is 24.3. The highest BCUT2D eigenvalue weighted by Crippen LogP contribution is 2.39. The average molecular weight is 628 g/mol. The minimum absolute atomic E-state index is 0.634. The molecule has 2 heterocycles. The van der Waals surface area contributed by atoms with Gasteiger partial charge < -0.3 is 4.42 Å². The number of hydrogen-bond donors (Lipinski definition) is 0. The van der Waals surface area contributed by atoms with Crippen LogP contribution in [0.5, 0.6) is 0 Å². The van der Waals surface area contributed by atoms with Crippen molar-refractivity contribution >= 4 is 21.9 Å². The van der Waals surface area contributed by atoms with Crippen molar-refractivity contribution in [2.75, 3.05) is 0 Å². The Morgan fingerprint density at radius 3 is 1.33 bits per heavy atom. The molecule has 9 rings (SSSR count). The summed E-state index contributed by atoms with van der Waals surface area (Å²) < 4.78 is 6.46. The van der Waals surface area contributed by atoms with E-state index < -0.39 is 0 Å². The molecule has 0 aliphatic heterocycles. The van der Waals surface area contributed by atoms with Gasteiger partial charge in [0, 0.05) is 33.0 Å². The van der Waals surface area contributed by atoms with Crippen LogP contribution in [-0.2, 0) is 0 Å². The molecule has 0 atom stereocenters. The molecule has 0 amide bonds. The van der Waals surface area contributed by atoms with Gasteiger partial charge in [0.2, 0.25) is 0 Å². The van der Waals surface area contributed by atoms with Crippen LogP contribution in [0, 0.1) is 0 Å². The zero-order valence-electron chi connectivity index (χ0n) is 26.5. The number of fused-ring (bicyclic) bond motifs is 3. The van der Waals surface area contributed by atoms with Crippen LogP contribution < -0.4 is 0 Å². The number of nitrogens with zero attached hydrogens (tertiary/aromatic N) is 3. The predicted octanol–water partition coefficient (Wildman–Crippen LogP) is 11.8. The smallest absolute Gasteiger partial charge is 0.164 e. The maximum atomic E-state index is 6.46. The summed E-state index contributed by atoms with van der Waals surface area (Å²) in [4.78, 5) is 14.7. The monoisotopic (exact) mass is 627 g/mol. The molecule has 7 aromatic carbocycles. The highest BCUT2D eigenvalue weighted by molar-refractivity contribution is 6.09. The van der Waals surface area contributed by atoms with Crippen LogP contribution in [0.2, 0.25) is 0 Å². The molecule has 0 N–H and O–H groups in total. The topological polar surface area (TPSA) is 51.8 Å². The van der Waals surface area contributed by atoms with Gasteiger partial charge in [-0.15, -0.1) is 0 Å². The van der Waals surface area contributed by atoms with Crippen LogP contribution in [0.15, 0.2) is 180 Å². The lowest BCUT2D eigenvalue weighted by Crippen LogP contribution is -2.00. The molecule has 2 aromatic heterocycles. The van der Waals surface area contributed by atoms with Gasteiger partial charge in [-0.3, -0.25) is 0 Å². The summed E-state index contributed by atoms with van der Waals surface area (Å²) in [6, 6.07) is 60.6. The lowest BCUT2D eigenvalue weighted by atomic mass is 9.92. The summed E-state index contributed by atoms with van der Waals surface area (Å²) in [5, 5.41) is 2.24. The third kappa shape index (κ3) is 5.45. The summed E-state index contributed by atoms with van der Waals surface area (Å²) in [6.07, 6.45) is 0. The van der Waals surface area contributed by atoms with Crippen LogP contribution in [0.25, 0.3) is 89.5 Å². The minimum Gasteiger partial charge on any atom is -0.455 e. The van der Waals surface area contributed by atoms with E-state index in [1.807, 2.05) is 72.8 Å². The number of benzene rings is 7. The second-order valence-electron chi connectivity index (χ2n) is 12.1. The Morgan fingerprint density at radius 2 is 0.735 bits per heavy atom. The first-order valence-corrected chi connectivity index (χ1v) is 16.4. The summed E-state index contributed by atoms with van der Waals surface area (Å²) in [7, 11) is 0. The normalized spacial score (nSPS) is 11.3. The molecule has 0 bridgehead atoms. The average Bonchev–Trinajstić information content (AvgIpc) is 3.58. The fraction of sp³-hybridized carbons (Fsp3) is 0. The Labute approximate surface area is 284 Å². The molecule has 0 aliphatic rings. The van der Waals surface area contributed by atoms with E-state index in [2.05, 4.69) is 103 Å². The van der Waals surface area contributed by atoms with Crippen LogP contribution in [-0.4, -0.2) is 15.0 Å². The van der Waals surface area contributed by atoms with Crippen LogP contribution in [0.3, 0.4) is 0 Å². The molecular formula is C45H29N3O. The highest BCUT2D eigenvalue weighted by atomic mass is 16.3. The number of para-hydroxylation sites is 2. The lowest BCUT2D eigenvalue weighted by molar-refractivity contribution is 0.670. The molecule has 4 heteroatoms. The van der Waals surface area contributed by atoms with Gasteiger partial charge in [0.25, 0.3) is 0 Å². The predicted molar refractivity (Wildman–Crippen MR) is 200 cm³/mol. The zero-order valence-corrected chi connectivity index (χ0v) is 26.5. The third-order valence-electron chi connectivity index (χ3n) is 8.93. The molecule has 49 heavy (non-hydrogen) atoms. The van der Waals surface area contributed by atoms with Crippen molar-refractivity contribution in [3.63, 3.8) is 0 Å². The quantitative estimate of drug-likeness (QED) is 0.184. The highest BCUT2D eigenvalue weighted by Gasteiger charge is 2.16. The van der Waals surface area contributed by atoms with Crippen molar-refractivity contribution in [2.45, 2.75) is 0 Å². The van der Waals surface area contributed by atoms with E-state index in [9.17, 15) is 0 Å². The molecule has 230 valence electrons. The Balaban J connectivity index is 1.16. The van der Waals surface area contributed by atoms with Crippen molar-refractivity contribution in [2.24, 2.45) is 0 Å². The van der Waals surface area contributed by atoms with E-state index in [-0.39, 0.29) is 0 Å². The van der Waals surface area contributed by atoms with E-state index in [0.29, 0.717) is 17.5 Å². The van der Waals surface area contributed by atoms with Gasteiger partial charge in [-0.1, -0.05) is 152 Å². The summed E-state index contributed by atoms with van der Waals surface area (Å²) in [6.45, 7) is 0. The standard InChI is InChI=1S/C45H29N3O/c1-4-13-30(14-5-1)35-27-36(29-37(28-35)38-20-12-21-40-39-19-10-11-22-41(39)49-42(38)40)31-23-25-34(26-24-31)45-47-43(32-15-6-2-7-16-32)46-44(48-45)33-17-8-3-9-18-33/h1-29H. The van der Waals surface area contributed by atoms with E-state index in [0.717, 1.165) is 72.0 Å². The second-order valence-corrected chi connectivity index (χ2v) is 12.1. The van der Waals surface area contributed by atoms with Crippen molar-refractivity contribution in [1.29, 1.82) is 0 Å². The molecule has 0 spiro atoms. The van der Waals surface area contributed by atoms with E-state index in [1.54, 1.807) is 0 Å². The number of furan rings is 1. The van der Waals surface area contributed by atoms with E-state index in [1.165, 1.54) is 0 Å². The van der Waals surface area contributed by atoms with Crippen molar-refractivity contribution < 1.29 is 4.42 Å². The zero-order chi connectivity index (χ0) is 32.6. The van der Waals surface area contributed by atoms with Crippen LogP contribution >= 0.6 is 0 Å². The SMILES string of the molecule is c1ccc(-c2cc(-c3ccc(-c4nc(-c5ccccc5)nc(-c5ccccc5)n4)cc3)cc(-c3cccc4c3oc3ccccc34)c2)cc1. The van der Waals surface area contributed by atoms with Gasteiger partial charge in [0.1, 0.15) is 11.2 Å². The molecule has 0 unspecified atom stereocenters. The molecule has 9 aromatic rings. The maximum absolute atomic E-state index is 6.46. The van der Waals surface area contributed by atoms with Gasteiger partial charge in [-0.2, -0.15) is 0 Å². The molecule has 0 aliphatic carbocycles. The second kappa shape index (κ2) is 12.2. The van der Waals surface area contributed by atoms with Gasteiger partial charge in [0.15, 0.2) is 17.5 Å². The van der Waals surface area contributed by atoms with Gasteiger partial charge >= 0.3 is 0 Å². The summed E-state index contributed by atoms with van der Waals surface area (Å²) >= 11 is 0. The Bertz CT molecular complexity index is 2520. The van der Waals surface area contributed by atoms with Crippen LogP contribution in [0.4, 0.5) is 0 Å². The van der Waals surface area contributed by atoms with Crippen molar-refractivity contribution in [3.8, 4) is 67.5 Å². The van der Waals surface area contributed by atoms with E-state index >= 15 is 0 Å². The van der Waals surface area contributed by atoms with E-state index in [4.69, 9.17) is 19.4 Å². The number of rotatable bonds is 6. The Hall–Kier alpha value is -6.65. The molecule has 0 saturated carbocycles.